The summed E-state index contributed by atoms with van der Waals surface area (Å²) >= 11 is 5.79. The van der Waals surface area contributed by atoms with E-state index in [0.717, 1.165) is 11.3 Å². The molecule has 0 aliphatic carbocycles. The standard InChI is InChI=1S/C17H18ClN3O3/c1-11(2)17(22)20-14-6-3-12(4-7-14)10-19-15-8-5-13(18)9-16(15)21(23)24/h3-9,11,19H,10H2,1-2H3,(H,20,22). The number of nitrogens with one attached hydrogen (secondary N) is 2. The minimum absolute atomic E-state index is 0.0438. The molecular formula is C17H18ClN3O3. The van der Waals surface area contributed by atoms with Crippen molar-refractivity contribution in [1.29, 1.82) is 0 Å². The van der Waals surface area contributed by atoms with Gasteiger partial charge in [-0.25, -0.2) is 0 Å². The molecule has 0 fully saturated rings. The fourth-order valence-corrected chi connectivity index (χ4v) is 2.16. The fraction of sp³-hybridized carbons (Fsp3) is 0.235. The molecule has 0 atom stereocenters. The first-order valence-corrected chi connectivity index (χ1v) is 7.82. The van der Waals surface area contributed by atoms with Crippen molar-refractivity contribution >= 4 is 34.6 Å². The number of anilines is 2. The molecule has 0 aliphatic rings. The maximum absolute atomic E-state index is 11.6. The molecule has 0 aliphatic heterocycles. The van der Waals surface area contributed by atoms with Crippen molar-refractivity contribution < 1.29 is 9.72 Å². The molecule has 24 heavy (non-hydrogen) atoms. The molecular weight excluding hydrogens is 330 g/mol. The predicted molar refractivity (Wildman–Crippen MR) is 95.3 cm³/mol. The Morgan fingerprint density at radius 1 is 1.21 bits per heavy atom. The summed E-state index contributed by atoms with van der Waals surface area (Å²) in [5.41, 5.74) is 1.99. The first kappa shape index (κ1) is 17.7. The van der Waals surface area contributed by atoms with Crippen molar-refractivity contribution in [3.63, 3.8) is 0 Å². The first-order chi connectivity index (χ1) is 11.4. The van der Waals surface area contributed by atoms with E-state index >= 15 is 0 Å². The van der Waals surface area contributed by atoms with Crippen LogP contribution in [0.25, 0.3) is 0 Å². The SMILES string of the molecule is CC(C)C(=O)Nc1ccc(CNc2ccc(Cl)cc2[N+](=O)[O-])cc1. The molecule has 7 heteroatoms. The molecule has 2 aromatic rings. The van der Waals surface area contributed by atoms with Gasteiger partial charge >= 0.3 is 0 Å². The molecule has 0 spiro atoms. The van der Waals surface area contributed by atoms with Crippen molar-refractivity contribution in [2.24, 2.45) is 5.92 Å². The van der Waals surface area contributed by atoms with Crippen LogP contribution < -0.4 is 10.6 Å². The number of hydrogen-bond donors (Lipinski definition) is 2. The summed E-state index contributed by atoms with van der Waals surface area (Å²) in [6.45, 7) is 4.07. The Morgan fingerprint density at radius 2 is 1.88 bits per heavy atom. The zero-order chi connectivity index (χ0) is 17.7. The molecule has 0 saturated carbocycles. The van der Waals surface area contributed by atoms with Crippen LogP contribution in [0.2, 0.25) is 5.02 Å². The molecule has 2 rings (SSSR count). The summed E-state index contributed by atoms with van der Waals surface area (Å²) in [4.78, 5) is 22.2. The van der Waals surface area contributed by atoms with Crippen molar-refractivity contribution in [3.05, 3.63) is 63.2 Å². The summed E-state index contributed by atoms with van der Waals surface area (Å²) in [6.07, 6.45) is 0. The number of carbonyl (C=O) groups is 1. The Hall–Kier alpha value is -2.60. The van der Waals surface area contributed by atoms with Crippen molar-refractivity contribution in [2.45, 2.75) is 20.4 Å². The number of benzene rings is 2. The maximum Gasteiger partial charge on any atom is 0.293 e. The molecule has 0 aromatic heterocycles. The third kappa shape index (κ3) is 4.70. The van der Waals surface area contributed by atoms with E-state index in [-0.39, 0.29) is 17.5 Å². The molecule has 0 radical (unpaired) electrons. The second kappa shape index (κ2) is 7.79. The minimum atomic E-state index is -0.473. The summed E-state index contributed by atoms with van der Waals surface area (Å²) in [6, 6.07) is 11.8. The van der Waals surface area contributed by atoms with Gasteiger partial charge in [-0.05, 0) is 29.8 Å². The number of carbonyl (C=O) groups excluding carboxylic acids is 1. The number of nitrogens with zero attached hydrogens (tertiary/aromatic N) is 1. The molecule has 0 saturated heterocycles. The Balaban J connectivity index is 2.03. The Labute approximate surface area is 145 Å². The number of halogens is 1. The van der Waals surface area contributed by atoms with Gasteiger partial charge in [0.25, 0.3) is 5.69 Å². The Morgan fingerprint density at radius 3 is 2.46 bits per heavy atom. The summed E-state index contributed by atoms with van der Waals surface area (Å²) in [5, 5.41) is 17.2. The van der Waals surface area contributed by atoms with E-state index < -0.39 is 4.92 Å². The van der Waals surface area contributed by atoms with Gasteiger partial charge in [-0.3, -0.25) is 14.9 Å². The van der Waals surface area contributed by atoms with Gasteiger partial charge in [-0.1, -0.05) is 37.6 Å². The van der Waals surface area contributed by atoms with Gasteiger partial charge < -0.3 is 10.6 Å². The quantitative estimate of drug-likeness (QED) is 0.597. The van der Waals surface area contributed by atoms with Gasteiger partial charge in [0.05, 0.1) is 4.92 Å². The number of rotatable bonds is 6. The summed E-state index contributed by atoms with van der Waals surface area (Å²) in [5.74, 6) is -0.130. The lowest BCUT2D eigenvalue weighted by Gasteiger charge is -2.10. The van der Waals surface area contributed by atoms with E-state index in [4.69, 9.17) is 11.6 Å². The molecule has 1 amide bonds. The lowest BCUT2D eigenvalue weighted by Crippen LogP contribution is -2.17. The average molecular weight is 348 g/mol. The molecule has 126 valence electrons. The second-order valence-electron chi connectivity index (χ2n) is 5.61. The first-order valence-electron chi connectivity index (χ1n) is 7.44. The number of nitro groups is 1. The maximum atomic E-state index is 11.6. The normalized spacial score (nSPS) is 10.5. The van der Waals surface area contributed by atoms with E-state index in [1.54, 1.807) is 24.3 Å². The van der Waals surface area contributed by atoms with E-state index in [0.29, 0.717) is 17.3 Å². The molecule has 6 nitrogen and oxygen atoms in total. The van der Waals surface area contributed by atoms with Crippen LogP contribution in [-0.2, 0) is 11.3 Å². The lowest BCUT2D eigenvalue weighted by atomic mass is 10.1. The average Bonchev–Trinajstić information content (AvgIpc) is 2.54. The van der Waals surface area contributed by atoms with Crippen LogP contribution in [0.5, 0.6) is 0 Å². The van der Waals surface area contributed by atoms with Gasteiger partial charge in [0.2, 0.25) is 5.91 Å². The van der Waals surface area contributed by atoms with Crippen LogP contribution in [0.4, 0.5) is 17.1 Å². The highest BCUT2D eigenvalue weighted by Gasteiger charge is 2.14. The molecule has 0 unspecified atom stereocenters. The highest BCUT2D eigenvalue weighted by atomic mass is 35.5. The fourth-order valence-electron chi connectivity index (χ4n) is 2.00. The van der Waals surface area contributed by atoms with Gasteiger partial charge in [-0.15, -0.1) is 0 Å². The van der Waals surface area contributed by atoms with E-state index in [2.05, 4.69) is 10.6 Å². The van der Waals surface area contributed by atoms with E-state index in [1.165, 1.54) is 6.07 Å². The van der Waals surface area contributed by atoms with E-state index in [1.807, 2.05) is 26.0 Å². The van der Waals surface area contributed by atoms with Crippen LogP contribution in [0, 0.1) is 16.0 Å². The molecule has 0 bridgehead atoms. The molecule has 2 N–H and O–H groups in total. The number of hydrogen-bond acceptors (Lipinski definition) is 4. The van der Waals surface area contributed by atoms with Crippen molar-refractivity contribution in [3.8, 4) is 0 Å². The van der Waals surface area contributed by atoms with Crippen LogP contribution >= 0.6 is 11.6 Å². The van der Waals surface area contributed by atoms with Crippen LogP contribution in [0.1, 0.15) is 19.4 Å². The third-order valence-corrected chi connectivity index (χ3v) is 3.62. The van der Waals surface area contributed by atoms with Crippen LogP contribution in [-0.4, -0.2) is 10.8 Å². The molecule has 2 aromatic carbocycles. The number of nitro benzene ring substituents is 1. The highest BCUT2D eigenvalue weighted by Crippen LogP contribution is 2.28. The highest BCUT2D eigenvalue weighted by molar-refractivity contribution is 6.30. The van der Waals surface area contributed by atoms with Crippen LogP contribution in [0.3, 0.4) is 0 Å². The Kier molecular flexibility index (Phi) is 5.76. The van der Waals surface area contributed by atoms with Gasteiger partial charge in [-0.2, -0.15) is 0 Å². The van der Waals surface area contributed by atoms with Gasteiger partial charge in [0.1, 0.15) is 5.69 Å². The second-order valence-corrected chi connectivity index (χ2v) is 6.05. The summed E-state index contributed by atoms with van der Waals surface area (Å²) in [7, 11) is 0. The monoisotopic (exact) mass is 347 g/mol. The topological polar surface area (TPSA) is 84.3 Å². The smallest absolute Gasteiger partial charge is 0.293 e. The lowest BCUT2D eigenvalue weighted by molar-refractivity contribution is -0.383. The largest absolute Gasteiger partial charge is 0.375 e. The number of amides is 1. The minimum Gasteiger partial charge on any atom is -0.375 e. The third-order valence-electron chi connectivity index (χ3n) is 3.39. The molecule has 0 heterocycles. The van der Waals surface area contributed by atoms with Crippen LogP contribution in [0.15, 0.2) is 42.5 Å². The zero-order valence-electron chi connectivity index (χ0n) is 13.4. The van der Waals surface area contributed by atoms with Gasteiger partial charge in [0.15, 0.2) is 0 Å². The van der Waals surface area contributed by atoms with E-state index in [9.17, 15) is 14.9 Å². The Bertz CT molecular complexity index is 745. The van der Waals surface area contributed by atoms with Gasteiger partial charge in [0, 0.05) is 29.2 Å². The summed E-state index contributed by atoms with van der Waals surface area (Å²) < 4.78 is 0. The van der Waals surface area contributed by atoms with Crippen molar-refractivity contribution in [2.75, 3.05) is 10.6 Å². The predicted octanol–water partition coefficient (Wildman–Crippen LogP) is 4.45. The van der Waals surface area contributed by atoms with Crippen molar-refractivity contribution in [1.82, 2.24) is 0 Å². The zero-order valence-corrected chi connectivity index (χ0v) is 14.1.